The van der Waals surface area contributed by atoms with Crippen molar-refractivity contribution in [3.63, 3.8) is 0 Å². The number of carbonyl (C=O) groups is 1. The molecular weight excluding hydrogens is 356 g/mol. The van der Waals surface area contributed by atoms with E-state index >= 15 is 0 Å². The number of halogens is 2. The van der Waals surface area contributed by atoms with Crippen LogP contribution in [0.2, 0.25) is 5.02 Å². The molecule has 0 saturated heterocycles. The average Bonchev–Trinajstić information content (AvgIpc) is 2.42. The minimum absolute atomic E-state index is 0.0102. The van der Waals surface area contributed by atoms with Crippen LogP contribution >= 0.6 is 27.5 Å². The number of nitrogens with one attached hydrogen (secondary N) is 1. The summed E-state index contributed by atoms with van der Waals surface area (Å²) in [6, 6.07) is 8.87. The quantitative estimate of drug-likeness (QED) is 0.775. The van der Waals surface area contributed by atoms with Crippen molar-refractivity contribution in [1.29, 1.82) is 0 Å². The van der Waals surface area contributed by atoms with Crippen molar-refractivity contribution in [3.05, 3.63) is 45.4 Å². The van der Waals surface area contributed by atoms with Crippen LogP contribution in [-0.4, -0.2) is 5.91 Å². The fraction of sp³-hybridized carbons (Fsp3) is 0.133. The number of rotatable bonds is 2. The van der Waals surface area contributed by atoms with E-state index in [1.165, 1.54) is 0 Å². The Morgan fingerprint density at radius 2 is 2.00 bits per heavy atom. The maximum atomic E-state index is 11.4. The zero-order valence-corrected chi connectivity index (χ0v) is 13.3. The van der Waals surface area contributed by atoms with Crippen LogP contribution < -0.4 is 15.8 Å². The molecule has 1 aliphatic rings. The van der Waals surface area contributed by atoms with E-state index in [2.05, 4.69) is 21.2 Å². The second-order valence-corrected chi connectivity index (χ2v) is 6.06. The predicted octanol–water partition coefficient (Wildman–Crippen LogP) is 4.36. The molecule has 108 valence electrons. The number of carbonyl (C=O) groups excluding carboxylic acids is 1. The van der Waals surface area contributed by atoms with Crippen LogP contribution in [0.4, 0.5) is 11.4 Å². The Hall–Kier alpha value is -1.72. The molecule has 1 aliphatic heterocycles. The Labute approximate surface area is 135 Å². The molecule has 1 amide bonds. The number of fused-ring (bicyclic) bond motifs is 1. The standard InChI is InChI=1S/C15H12BrClN2O2/c16-10-6-9(17)2-3-13(10)21-14-5-8-1-4-15(20)19-12(8)7-11(14)18/h2-3,5-7H,1,4,18H2,(H,19,20). The van der Waals surface area contributed by atoms with Crippen LogP contribution in [0.5, 0.6) is 11.5 Å². The van der Waals surface area contributed by atoms with Crippen molar-refractivity contribution < 1.29 is 9.53 Å². The number of hydrogen-bond donors (Lipinski definition) is 2. The van der Waals surface area contributed by atoms with E-state index in [1.54, 1.807) is 24.3 Å². The van der Waals surface area contributed by atoms with Crippen LogP contribution in [0.15, 0.2) is 34.8 Å². The Morgan fingerprint density at radius 1 is 1.19 bits per heavy atom. The van der Waals surface area contributed by atoms with E-state index in [1.807, 2.05) is 6.07 Å². The van der Waals surface area contributed by atoms with E-state index in [0.29, 0.717) is 35.1 Å². The number of ether oxygens (including phenoxy) is 1. The molecule has 1 heterocycles. The summed E-state index contributed by atoms with van der Waals surface area (Å²) in [6.45, 7) is 0. The zero-order valence-electron chi connectivity index (χ0n) is 11.0. The molecule has 4 nitrogen and oxygen atoms in total. The van der Waals surface area contributed by atoms with Gasteiger partial charge in [0, 0.05) is 17.1 Å². The molecule has 0 spiro atoms. The Kier molecular flexibility index (Phi) is 3.78. The monoisotopic (exact) mass is 366 g/mol. The summed E-state index contributed by atoms with van der Waals surface area (Å²) < 4.78 is 6.60. The topological polar surface area (TPSA) is 64.3 Å². The molecule has 3 rings (SSSR count). The zero-order chi connectivity index (χ0) is 15.0. The van der Waals surface area contributed by atoms with Gasteiger partial charge in [-0.1, -0.05) is 11.6 Å². The Balaban J connectivity index is 1.94. The van der Waals surface area contributed by atoms with Gasteiger partial charge in [0.1, 0.15) is 5.75 Å². The molecule has 0 radical (unpaired) electrons. The average molecular weight is 368 g/mol. The van der Waals surface area contributed by atoms with Gasteiger partial charge < -0.3 is 15.8 Å². The molecule has 0 aliphatic carbocycles. The Bertz CT molecular complexity index is 734. The van der Waals surface area contributed by atoms with E-state index < -0.39 is 0 Å². The first-order valence-electron chi connectivity index (χ1n) is 6.38. The first-order chi connectivity index (χ1) is 10.0. The van der Waals surface area contributed by atoms with Crippen molar-refractivity contribution in [2.75, 3.05) is 11.1 Å². The summed E-state index contributed by atoms with van der Waals surface area (Å²) in [5.74, 6) is 1.20. The summed E-state index contributed by atoms with van der Waals surface area (Å²) in [5.41, 5.74) is 8.24. The van der Waals surface area contributed by atoms with Gasteiger partial charge in [0.2, 0.25) is 5.91 Å². The van der Waals surface area contributed by atoms with Crippen LogP contribution in [0.3, 0.4) is 0 Å². The van der Waals surface area contributed by atoms with Gasteiger partial charge >= 0.3 is 0 Å². The molecule has 0 atom stereocenters. The van der Waals surface area contributed by atoms with Gasteiger partial charge in [0.15, 0.2) is 5.75 Å². The van der Waals surface area contributed by atoms with Crippen LogP contribution in [0.1, 0.15) is 12.0 Å². The third-order valence-electron chi connectivity index (χ3n) is 3.24. The number of hydrogen-bond acceptors (Lipinski definition) is 3. The maximum Gasteiger partial charge on any atom is 0.224 e. The maximum absolute atomic E-state index is 11.4. The van der Waals surface area contributed by atoms with Gasteiger partial charge in [0.05, 0.1) is 10.2 Å². The first kappa shape index (κ1) is 14.2. The molecule has 0 saturated carbocycles. The number of nitrogen functional groups attached to an aromatic ring is 1. The highest BCUT2D eigenvalue weighted by Gasteiger charge is 2.18. The molecule has 0 bridgehead atoms. The molecule has 0 aromatic heterocycles. The Morgan fingerprint density at radius 3 is 2.76 bits per heavy atom. The normalized spacial score (nSPS) is 13.5. The smallest absolute Gasteiger partial charge is 0.224 e. The van der Waals surface area contributed by atoms with Crippen molar-refractivity contribution >= 4 is 44.8 Å². The largest absolute Gasteiger partial charge is 0.454 e. The van der Waals surface area contributed by atoms with Crippen LogP contribution in [0, 0.1) is 0 Å². The van der Waals surface area contributed by atoms with E-state index in [0.717, 1.165) is 15.7 Å². The lowest BCUT2D eigenvalue weighted by Crippen LogP contribution is -2.19. The molecule has 3 N–H and O–H groups in total. The van der Waals surface area contributed by atoms with E-state index in [4.69, 9.17) is 22.1 Å². The SMILES string of the molecule is Nc1cc2c(cc1Oc1ccc(Cl)cc1Br)CCC(=O)N2. The van der Waals surface area contributed by atoms with Crippen molar-refractivity contribution in [1.82, 2.24) is 0 Å². The van der Waals surface area contributed by atoms with Gasteiger partial charge in [-0.05, 0) is 58.2 Å². The van der Waals surface area contributed by atoms with Crippen molar-refractivity contribution in [2.45, 2.75) is 12.8 Å². The predicted molar refractivity (Wildman–Crippen MR) is 87.0 cm³/mol. The molecule has 6 heteroatoms. The summed E-state index contributed by atoms with van der Waals surface area (Å²) in [4.78, 5) is 11.4. The highest BCUT2D eigenvalue weighted by atomic mass is 79.9. The van der Waals surface area contributed by atoms with Crippen LogP contribution in [-0.2, 0) is 11.2 Å². The van der Waals surface area contributed by atoms with Gasteiger partial charge in [-0.2, -0.15) is 0 Å². The minimum Gasteiger partial charge on any atom is -0.454 e. The lowest BCUT2D eigenvalue weighted by atomic mass is 10.0. The number of benzene rings is 2. The molecule has 2 aromatic rings. The highest BCUT2D eigenvalue weighted by molar-refractivity contribution is 9.10. The number of aryl methyl sites for hydroxylation is 1. The fourth-order valence-corrected chi connectivity index (χ4v) is 2.95. The summed E-state index contributed by atoms with van der Waals surface area (Å²) in [6.07, 6.45) is 1.15. The minimum atomic E-state index is 0.0102. The first-order valence-corrected chi connectivity index (χ1v) is 7.55. The number of amides is 1. The molecular formula is C15H12BrClN2O2. The van der Waals surface area contributed by atoms with Gasteiger partial charge in [0.25, 0.3) is 0 Å². The van der Waals surface area contributed by atoms with Crippen LogP contribution in [0.25, 0.3) is 0 Å². The van der Waals surface area contributed by atoms with Gasteiger partial charge in [-0.25, -0.2) is 0 Å². The number of nitrogens with two attached hydrogens (primary N) is 1. The lowest BCUT2D eigenvalue weighted by Gasteiger charge is -2.19. The third kappa shape index (κ3) is 2.99. The lowest BCUT2D eigenvalue weighted by molar-refractivity contribution is -0.116. The van der Waals surface area contributed by atoms with Gasteiger partial charge in [-0.15, -0.1) is 0 Å². The van der Waals surface area contributed by atoms with E-state index in [-0.39, 0.29) is 5.91 Å². The van der Waals surface area contributed by atoms with E-state index in [9.17, 15) is 4.79 Å². The van der Waals surface area contributed by atoms with Gasteiger partial charge in [-0.3, -0.25) is 4.79 Å². The number of anilines is 2. The molecule has 21 heavy (non-hydrogen) atoms. The molecule has 0 unspecified atom stereocenters. The summed E-state index contributed by atoms with van der Waals surface area (Å²) >= 11 is 9.31. The summed E-state index contributed by atoms with van der Waals surface area (Å²) in [5, 5.41) is 3.43. The second kappa shape index (κ2) is 5.58. The molecule has 0 fully saturated rings. The molecule has 2 aromatic carbocycles. The summed E-state index contributed by atoms with van der Waals surface area (Å²) in [7, 11) is 0. The highest BCUT2D eigenvalue weighted by Crippen LogP contribution is 2.38. The third-order valence-corrected chi connectivity index (χ3v) is 4.10. The van der Waals surface area contributed by atoms with Crippen molar-refractivity contribution in [2.24, 2.45) is 0 Å². The second-order valence-electron chi connectivity index (χ2n) is 4.77. The fourth-order valence-electron chi connectivity index (χ4n) is 2.19. The van der Waals surface area contributed by atoms with Crippen molar-refractivity contribution in [3.8, 4) is 11.5 Å².